The smallest absolute Gasteiger partial charge is 0.270 e. The van der Waals surface area contributed by atoms with Crippen LogP contribution >= 0.6 is 11.8 Å². The minimum absolute atomic E-state index is 0.0346. The summed E-state index contributed by atoms with van der Waals surface area (Å²) in [6.07, 6.45) is 2.04. The van der Waals surface area contributed by atoms with E-state index in [2.05, 4.69) is 34.3 Å². The second-order valence-electron chi connectivity index (χ2n) is 11.4. The van der Waals surface area contributed by atoms with E-state index in [9.17, 15) is 14.4 Å². The molecule has 0 aromatic heterocycles. The van der Waals surface area contributed by atoms with Crippen molar-refractivity contribution >= 4 is 57.5 Å². The molecule has 3 aliphatic heterocycles. The van der Waals surface area contributed by atoms with E-state index in [4.69, 9.17) is 4.99 Å². The van der Waals surface area contributed by atoms with Crippen molar-refractivity contribution in [1.29, 1.82) is 0 Å². The fourth-order valence-corrected chi connectivity index (χ4v) is 6.99. The van der Waals surface area contributed by atoms with Crippen LogP contribution in [0.25, 0.3) is 0 Å². The molecule has 2 unspecified atom stereocenters. The summed E-state index contributed by atoms with van der Waals surface area (Å²) in [5.41, 5.74) is 4.59. The second-order valence-corrected chi connectivity index (χ2v) is 12.5. The fraction of sp³-hybridized carbons (Fsp3) is 0.343. The van der Waals surface area contributed by atoms with E-state index in [0.717, 1.165) is 36.4 Å². The molecule has 1 saturated heterocycles. The maximum atomic E-state index is 13.4. The zero-order chi connectivity index (χ0) is 31.3. The van der Waals surface area contributed by atoms with Crippen molar-refractivity contribution in [2.24, 2.45) is 9.98 Å². The molecular formula is C35H38N6O3S. The van der Waals surface area contributed by atoms with Crippen LogP contribution in [-0.4, -0.2) is 76.0 Å². The largest absolute Gasteiger partial charge is 0.368 e. The van der Waals surface area contributed by atoms with Crippen LogP contribution in [0.2, 0.25) is 0 Å². The van der Waals surface area contributed by atoms with Gasteiger partial charge >= 0.3 is 0 Å². The third kappa shape index (κ3) is 6.66. The molecule has 3 aromatic carbocycles. The first-order valence-corrected chi connectivity index (χ1v) is 16.6. The van der Waals surface area contributed by atoms with Crippen LogP contribution in [0.15, 0.2) is 88.8 Å². The zero-order valence-corrected chi connectivity index (χ0v) is 26.5. The van der Waals surface area contributed by atoms with E-state index in [1.807, 2.05) is 83.5 Å². The number of piperazine rings is 1. The Morgan fingerprint density at radius 2 is 1.62 bits per heavy atom. The number of amides is 3. The number of para-hydroxylation sites is 2. The number of nitrogens with zero attached hydrogens (tertiary/aromatic N) is 5. The lowest BCUT2D eigenvalue weighted by Crippen LogP contribution is -2.49. The summed E-state index contributed by atoms with van der Waals surface area (Å²) in [6.45, 7) is 6.88. The third-order valence-electron chi connectivity index (χ3n) is 8.53. The van der Waals surface area contributed by atoms with E-state index in [1.165, 1.54) is 17.3 Å². The molecule has 232 valence electrons. The van der Waals surface area contributed by atoms with Crippen LogP contribution < -0.4 is 10.2 Å². The molecule has 45 heavy (non-hydrogen) atoms. The molecule has 0 radical (unpaired) electrons. The maximum absolute atomic E-state index is 13.4. The van der Waals surface area contributed by atoms with Gasteiger partial charge in [0.25, 0.3) is 5.91 Å². The highest BCUT2D eigenvalue weighted by Gasteiger charge is 2.43. The number of benzene rings is 3. The minimum Gasteiger partial charge on any atom is -0.368 e. The van der Waals surface area contributed by atoms with Gasteiger partial charge in [-0.15, -0.1) is 0 Å². The average Bonchev–Trinajstić information content (AvgIpc) is 3.42. The summed E-state index contributed by atoms with van der Waals surface area (Å²) < 4.78 is 0. The number of thioether (sulfide) groups is 1. The number of amidine groups is 2. The highest BCUT2D eigenvalue weighted by molar-refractivity contribution is 8.15. The summed E-state index contributed by atoms with van der Waals surface area (Å²) in [7, 11) is 0. The number of carbonyl (C=O) groups excluding carboxylic acids is 3. The van der Waals surface area contributed by atoms with Crippen molar-refractivity contribution in [3.05, 3.63) is 90.0 Å². The molecule has 0 bridgehead atoms. The van der Waals surface area contributed by atoms with Crippen LogP contribution in [0, 0.1) is 0 Å². The Labute approximate surface area is 268 Å². The molecule has 3 heterocycles. The van der Waals surface area contributed by atoms with Crippen LogP contribution in [-0.2, 0) is 20.8 Å². The molecule has 10 heteroatoms. The standard InChI is InChI=1S/C35H38N6O3S/c1-3-24-14-16-25(17-15-24)36-34(44)30(4-2)45-35-37-28-13-9-8-12-27(28)32-38-33(43)29(41(32)35)18-19-31(42)40-22-20-39(21-23-40)26-10-6-5-7-11-26/h5-17,29-30H,3-4,18-23H2,1-2H3,(H,36,44). The van der Waals surface area contributed by atoms with E-state index in [0.29, 0.717) is 42.6 Å². The van der Waals surface area contributed by atoms with Gasteiger partial charge in [-0.05, 0) is 61.2 Å². The predicted molar refractivity (Wildman–Crippen MR) is 181 cm³/mol. The van der Waals surface area contributed by atoms with E-state index in [1.54, 1.807) is 0 Å². The van der Waals surface area contributed by atoms with Gasteiger partial charge in [-0.3, -0.25) is 19.3 Å². The molecule has 0 saturated carbocycles. The molecule has 1 fully saturated rings. The molecule has 2 atom stereocenters. The first-order chi connectivity index (χ1) is 21.9. The molecule has 0 aliphatic carbocycles. The number of aliphatic imine (C=N–C) groups is 2. The summed E-state index contributed by atoms with van der Waals surface area (Å²) in [5, 5.41) is 3.15. The van der Waals surface area contributed by atoms with Gasteiger partial charge in [0.1, 0.15) is 11.9 Å². The SMILES string of the molecule is CCc1ccc(NC(=O)C(CC)SC2=Nc3ccccc3C3=NC(=O)C(CCC(=O)N4CCN(c5ccccc5)CC4)N23)cc1. The summed E-state index contributed by atoms with van der Waals surface area (Å²) in [5.74, 6) is 0.156. The monoisotopic (exact) mass is 622 g/mol. The molecule has 9 nitrogen and oxygen atoms in total. The summed E-state index contributed by atoms with van der Waals surface area (Å²) >= 11 is 1.34. The van der Waals surface area contributed by atoms with Gasteiger partial charge in [-0.25, -0.2) is 4.99 Å². The zero-order valence-electron chi connectivity index (χ0n) is 25.7. The quantitative estimate of drug-likeness (QED) is 0.339. The Morgan fingerprint density at radius 3 is 2.33 bits per heavy atom. The summed E-state index contributed by atoms with van der Waals surface area (Å²) in [6, 6.07) is 25.0. The first kappa shape index (κ1) is 30.6. The second kappa shape index (κ2) is 13.7. The minimum atomic E-state index is -0.656. The number of carbonyl (C=O) groups is 3. The van der Waals surface area contributed by atoms with Crippen molar-refractivity contribution < 1.29 is 14.4 Å². The highest BCUT2D eigenvalue weighted by atomic mass is 32.2. The van der Waals surface area contributed by atoms with Gasteiger partial charge in [0.05, 0.1) is 10.9 Å². The molecule has 3 aromatic rings. The lowest BCUT2D eigenvalue weighted by Gasteiger charge is -2.36. The first-order valence-electron chi connectivity index (χ1n) is 15.7. The van der Waals surface area contributed by atoms with Crippen LogP contribution in [0.3, 0.4) is 0 Å². The molecule has 6 rings (SSSR count). The fourth-order valence-electron chi connectivity index (χ4n) is 5.92. The molecule has 1 N–H and O–H groups in total. The van der Waals surface area contributed by atoms with E-state index < -0.39 is 11.3 Å². The van der Waals surface area contributed by atoms with Crippen molar-refractivity contribution in [2.45, 2.75) is 50.8 Å². The van der Waals surface area contributed by atoms with Gasteiger partial charge in [0, 0.05) is 49.5 Å². The van der Waals surface area contributed by atoms with Gasteiger partial charge in [-0.1, -0.05) is 68.1 Å². The summed E-state index contributed by atoms with van der Waals surface area (Å²) in [4.78, 5) is 55.5. The number of aryl methyl sites for hydroxylation is 1. The predicted octanol–water partition coefficient (Wildman–Crippen LogP) is 5.49. The maximum Gasteiger partial charge on any atom is 0.270 e. The van der Waals surface area contributed by atoms with Crippen LogP contribution in [0.4, 0.5) is 17.1 Å². The average molecular weight is 623 g/mol. The van der Waals surface area contributed by atoms with Crippen molar-refractivity contribution in [1.82, 2.24) is 9.80 Å². The van der Waals surface area contributed by atoms with Gasteiger partial charge < -0.3 is 15.1 Å². The van der Waals surface area contributed by atoms with E-state index >= 15 is 0 Å². The number of anilines is 2. The molecule has 3 aliphatic rings. The number of hydrogen-bond donors (Lipinski definition) is 1. The van der Waals surface area contributed by atoms with Crippen LogP contribution in [0.5, 0.6) is 0 Å². The van der Waals surface area contributed by atoms with Gasteiger partial charge in [-0.2, -0.15) is 4.99 Å². The Balaban J connectivity index is 1.15. The number of rotatable bonds is 9. The Morgan fingerprint density at radius 1 is 0.911 bits per heavy atom. The molecule has 0 spiro atoms. The normalized spacial score (nSPS) is 18.1. The lowest BCUT2D eigenvalue weighted by atomic mass is 10.1. The number of hydrogen-bond acceptors (Lipinski definition) is 7. The molecule has 3 amide bonds. The molecular weight excluding hydrogens is 584 g/mol. The highest BCUT2D eigenvalue weighted by Crippen LogP contribution is 2.37. The lowest BCUT2D eigenvalue weighted by molar-refractivity contribution is -0.132. The van der Waals surface area contributed by atoms with Crippen molar-refractivity contribution in [3.8, 4) is 0 Å². The van der Waals surface area contributed by atoms with Crippen molar-refractivity contribution in [3.63, 3.8) is 0 Å². The third-order valence-corrected chi connectivity index (χ3v) is 9.86. The Kier molecular flexibility index (Phi) is 9.30. The number of fused-ring (bicyclic) bond motifs is 3. The van der Waals surface area contributed by atoms with Gasteiger partial charge in [0.2, 0.25) is 11.8 Å². The Bertz CT molecular complexity index is 1620. The number of nitrogens with one attached hydrogen (secondary N) is 1. The topological polar surface area (TPSA) is 97.7 Å². The Hall–Kier alpha value is -4.44. The van der Waals surface area contributed by atoms with Gasteiger partial charge in [0.15, 0.2) is 5.17 Å². The van der Waals surface area contributed by atoms with E-state index in [-0.39, 0.29) is 24.1 Å². The van der Waals surface area contributed by atoms with Crippen molar-refractivity contribution in [2.75, 3.05) is 36.4 Å². The van der Waals surface area contributed by atoms with Crippen LogP contribution in [0.1, 0.15) is 44.2 Å².